The van der Waals surface area contributed by atoms with Gasteiger partial charge in [0, 0.05) is 50.1 Å². The first kappa shape index (κ1) is 34.6. The predicted molar refractivity (Wildman–Crippen MR) is 199 cm³/mol. The molecule has 49 heavy (non-hydrogen) atoms. The van der Waals surface area contributed by atoms with E-state index in [2.05, 4.69) is 63.5 Å². The molecule has 9 nitrogen and oxygen atoms in total. The number of nitrogens with zero attached hydrogens (tertiary/aromatic N) is 4. The number of anilines is 2. The molecule has 1 atom stereocenters. The summed E-state index contributed by atoms with van der Waals surface area (Å²) >= 11 is 1.68. The zero-order valence-corrected chi connectivity index (χ0v) is 29.9. The van der Waals surface area contributed by atoms with Crippen LogP contribution in [0.4, 0.5) is 10.9 Å². The Balaban J connectivity index is 0.000000319. The summed E-state index contributed by atoms with van der Waals surface area (Å²) in [4.78, 5) is 35.1. The lowest BCUT2D eigenvalue weighted by Gasteiger charge is -2.45. The van der Waals surface area contributed by atoms with Gasteiger partial charge in [-0.3, -0.25) is 4.79 Å². The Morgan fingerprint density at radius 1 is 1.10 bits per heavy atom. The average molecular weight is 681 g/mol. The molecule has 2 aromatic carbocycles. The van der Waals surface area contributed by atoms with Gasteiger partial charge in [0.15, 0.2) is 10.8 Å². The highest BCUT2D eigenvalue weighted by molar-refractivity contribution is 7.22. The standard InChI is InChI=1S/C31H40N4O3.C8H8N2S/c1-4-21(2)31(14-6-5-7-15-31)20-35-22(3)26(17-32-35)25-11-12-28(33-29(25)30(37)38)34-16-13-23-9-8-10-24(19-36)27(23)18-34;1-9-8-10-6-4-2-3-5-7(6)11-8/h8-12,19,21,32H,4-7,13-18,20H2,1-3H3,(H,37,38);2-5H,1H3,(H,9,10). The van der Waals surface area contributed by atoms with Crippen molar-refractivity contribution in [2.75, 3.05) is 36.9 Å². The first-order valence-electron chi connectivity index (χ1n) is 17.6. The number of rotatable bonds is 9. The number of para-hydroxylation sites is 1. The molecule has 4 heterocycles. The maximum Gasteiger partial charge on any atom is 0.355 e. The Morgan fingerprint density at radius 3 is 2.61 bits per heavy atom. The highest BCUT2D eigenvalue weighted by atomic mass is 32.1. The molecule has 0 radical (unpaired) electrons. The molecule has 1 unspecified atom stereocenters. The molecule has 2 aromatic heterocycles. The van der Waals surface area contributed by atoms with Gasteiger partial charge in [-0.2, -0.15) is 0 Å². The van der Waals surface area contributed by atoms with Crippen molar-refractivity contribution < 1.29 is 14.7 Å². The number of pyridine rings is 1. The van der Waals surface area contributed by atoms with E-state index in [4.69, 9.17) is 0 Å². The normalized spacial score (nSPS) is 17.7. The molecule has 0 amide bonds. The number of allylic oxidation sites excluding steroid dienone is 1. The third-order valence-corrected chi connectivity index (χ3v) is 12.0. The van der Waals surface area contributed by atoms with E-state index in [0.29, 0.717) is 41.4 Å². The van der Waals surface area contributed by atoms with Crippen LogP contribution < -0.4 is 15.6 Å². The molecule has 4 aromatic rings. The first-order chi connectivity index (χ1) is 23.8. The first-order valence-corrected chi connectivity index (χ1v) is 18.4. The minimum atomic E-state index is -1.02. The fourth-order valence-corrected chi connectivity index (χ4v) is 8.60. The molecule has 3 aliphatic rings. The van der Waals surface area contributed by atoms with E-state index in [1.54, 1.807) is 11.3 Å². The number of carbonyl (C=O) groups is 2. The van der Waals surface area contributed by atoms with Crippen LogP contribution in [-0.2, 0) is 13.0 Å². The second-order valence-corrected chi connectivity index (χ2v) is 14.6. The van der Waals surface area contributed by atoms with Gasteiger partial charge >= 0.3 is 5.97 Å². The van der Waals surface area contributed by atoms with Crippen LogP contribution in [0.1, 0.15) is 96.8 Å². The second kappa shape index (κ2) is 15.1. The molecule has 2 aliphatic heterocycles. The van der Waals surface area contributed by atoms with Crippen LogP contribution in [0, 0.1) is 11.3 Å². The van der Waals surface area contributed by atoms with Crippen LogP contribution in [0.5, 0.6) is 0 Å². The van der Waals surface area contributed by atoms with E-state index in [0.717, 1.165) is 53.3 Å². The van der Waals surface area contributed by atoms with Crippen molar-refractivity contribution in [1.82, 2.24) is 20.4 Å². The highest BCUT2D eigenvalue weighted by Gasteiger charge is 2.40. The average Bonchev–Trinajstić information content (AvgIpc) is 3.73. The molecular formula is C39H48N6O3S. The zero-order valence-electron chi connectivity index (χ0n) is 29.1. The monoisotopic (exact) mass is 680 g/mol. The van der Waals surface area contributed by atoms with E-state index in [1.165, 1.54) is 48.8 Å². The maximum atomic E-state index is 12.4. The van der Waals surface area contributed by atoms with E-state index in [-0.39, 0.29) is 5.69 Å². The van der Waals surface area contributed by atoms with Gasteiger partial charge in [0.25, 0.3) is 0 Å². The van der Waals surface area contributed by atoms with Crippen molar-refractivity contribution >= 4 is 50.3 Å². The largest absolute Gasteiger partial charge is 0.476 e. The van der Waals surface area contributed by atoms with Crippen molar-refractivity contribution in [3.8, 4) is 0 Å². The van der Waals surface area contributed by atoms with Crippen LogP contribution >= 0.6 is 11.3 Å². The molecule has 1 aliphatic carbocycles. The van der Waals surface area contributed by atoms with E-state index in [1.807, 2.05) is 49.5 Å². The molecule has 10 heteroatoms. The summed E-state index contributed by atoms with van der Waals surface area (Å²) in [5, 5.41) is 16.4. The Hall–Kier alpha value is -4.28. The molecule has 258 valence electrons. The predicted octanol–water partition coefficient (Wildman–Crippen LogP) is 8.04. The van der Waals surface area contributed by atoms with Crippen LogP contribution in [0.15, 0.2) is 60.3 Å². The van der Waals surface area contributed by atoms with E-state index < -0.39 is 5.97 Å². The highest BCUT2D eigenvalue weighted by Crippen LogP contribution is 2.45. The van der Waals surface area contributed by atoms with Gasteiger partial charge in [0.1, 0.15) is 12.1 Å². The summed E-state index contributed by atoms with van der Waals surface area (Å²) in [7, 11) is 1.89. The van der Waals surface area contributed by atoms with E-state index >= 15 is 0 Å². The van der Waals surface area contributed by atoms with Crippen molar-refractivity contribution in [3.05, 3.63) is 88.2 Å². The lowest BCUT2D eigenvalue weighted by Crippen LogP contribution is -2.45. The quantitative estimate of drug-likeness (QED) is 0.151. The van der Waals surface area contributed by atoms with Crippen molar-refractivity contribution in [2.45, 2.75) is 72.3 Å². The van der Waals surface area contributed by atoms with Crippen molar-refractivity contribution in [2.24, 2.45) is 11.3 Å². The summed E-state index contributed by atoms with van der Waals surface area (Å²) in [6.07, 6.45) is 9.28. The van der Waals surface area contributed by atoms with Crippen LogP contribution in [0.3, 0.4) is 0 Å². The number of aromatic nitrogens is 2. The summed E-state index contributed by atoms with van der Waals surface area (Å²) < 4.78 is 1.23. The summed E-state index contributed by atoms with van der Waals surface area (Å²) in [5.41, 5.74) is 10.7. The Morgan fingerprint density at radius 2 is 1.90 bits per heavy atom. The fraction of sp³-hybridized carbons (Fsp3) is 0.436. The number of hydrazine groups is 1. The van der Waals surface area contributed by atoms with Gasteiger partial charge in [-0.1, -0.05) is 81.2 Å². The van der Waals surface area contributed by atoms with Crippen molar-refractivity contribution in [3.63, 3.8) is 0 Å². The van der Waals surface area contributed by atoms with Gasteiger partial charge in [0.2, 0.25) is 0 Å². The lowest BCUT2D eigenvalue weighted by molar-refractivity contribution is 0.0492. The SMILES string of the molecule is CCC(C)C1(CN2NCC(c3ccc(N4CCc5cccc(C=O)c5C4)nc3C(=O)O)=C2C)CCCCC1.CNc1nc2ccccc2s1. The third-order valence-electron chi connectivity index (χ3n) is 10.9. The van der Waals surface area contributed by atoms with Crippen LogP contribution in [-0.4, -0.2) is 59.0 Å². The minimum absolute atomic E-state index is 0.0873. The number of fused-ring (bicyclic) bond motifs is 2. The molecule has 1 saturated carbocycles. The Bertz CT molecular complexity index is 1810. The molecule has 0 bridgehead atoms. The van der Waals surface area contributed by atoms with Gasteiger partial charge in [-0.15, -0.1) is 0 Å². The van der Waals surface area contributed by atoms with Gasteiger partial charge < -0.3 is 20.3 Å². The Kier molecular flexibility index (Phi) is 10.6. The molecule has 3 N–H and O–H groups in total. The summed E-state index contributed by atoms with van der Waals surface area (Å²) in [5.74, 6) is 0.262. The minimum Gasteiger partial charge on any atom is -0.476 e. The maximum absolute atomic E-state index is 12.4. The number of carbonyl (C=O) groups excluding carboxylic acids is 1. The van der Waals surface area contributed by atoms with Gasteiger partial charge in [0.05, 0.1) is 10.2 Å². The topological polar surface area (TPSA) is 111 Å². The zero-order chi connectivity index (χ0) is 34.5. The number of carboxylic acid groups (broad SMARTS) is 1. The number of thiazole rings is 1. The molecular weight excluding hydrogens is 633 g/mol. The van der Waals surface area contributed by atoms with Gasteiger partial charge in [-0.25, -0.2) is 20.2 Å². The molecule has 0 saturated heterocycles. The number of hydrogen-bond donors (Lipinski definition) is 3. The number of aldehydes is 1. The third kappa shape index (κ3) is 7.21. The van der Waals surface area contributed by atoms with Crippen molar-refractivity contribution in [1.29, 1.82) is 0 Å². The Labute approximate surface area is 293 Å². The molecule has 1 fully saturated rings. The molecule has 7 rings (SSSR count). The fourth-order valence-electron chi connectivity index (χ4n) is 7.78. The van der Waals surface area contributed by atoms with Gasteiger partial charge in [-0.05, 0) is 78.5 Å². The number of carboxylic acids is 1. The number of nitrogens with one attached hydrogen (secondary N) is 2. The second-order valence-electron chi connectivity index (χ2n) is 13.6. The number of benzene rings is 2. The van der Waals surface area contributed by atoms with Crippen LogP contribution in [0.2, 0.25) is 0 Å². The number of hydrogen-bond acceptors (Lipinski definition) is 9. The van der Waals surface area contributed by atoms with E-state index in [9.17, 15) is 14.7 Å². The summed E-state index contributed by atoms with van der Waals surface area (Å²) in [6.45, 7) is 9.62. The van der Waals surface area contributed by atoms with Crippen LogP contribution in [0.25, 0.3) is 15.8 Å². The molecule has 0 spiro atoms. The lowest BCUT2D eigenvalue weighted by atomic mass is 9.65. The smallest absolute Gasteiger partial charge is 0.355 e. The number of aromatic carboxylic acids is 1. The summed E-state index contributed by atoms with van der Waals surface area (Å²) in [6, 6.07) is 17.8.